The first-order valence-corrected chi connectivity index (χ1v) is 9.83. The third kappa shape index (κ3) is 9.14. The lowest BCUT2D eigenvalue weighted by Gasteiger charge is -2.15. The van der Waals surface area contributed by atoms with Gasteiger partial charge < -0.3 is 10.0 Å². The topological polar surface area (TPSA) is 40.5 Å². The molecule has 134 valence electrons. The number of allylic oxidation sites excluding steroid dienone is 1. The molecule has 3 nitrogen and oxygen atoms in total. The molecule has 0 aromatic heterocycles. The Morgan fingerprint density at radius 2 is 1.61 bits per heavy atom. The highest BCUT2D eigenvalue weighted by Crippen LogP contribution is 2.19. The van der Waals surface area contributed by atoms with E-state index in [1.165, 1.54) is 18.4 Å². The molecule has 1 atom stereocenters. The number of nitrogens with zero attached hydrogens (tertiary/aromatic N) is 1. The van der Waals surface area contributed by atoms with Gasteiger partial charge >= 0.3 is 0 Å². The summed E-state index contributed by atoms with van der Waals surface area (Å²) < 4.78 is 0. The normalized spacial score (nSPS) is 16.8. The summed E-state index contributed by atoms with van der Waals surface area (Å²) in [6.07, 6.45) is 14.7. The summed E-state index contributed by atoms with van der Waals surface area (Å²) >= 11 is 0. The molecule has 1 unspecified atom stereocenters. The van der Waals surface area contributed by atoms with E-state index >= 15 is 0 Å². The van der Waals surface area contributed by atoms with Crippen LogP contribution in [0.3, 0.4) is 0 Å². The van der Waals surface area contributed by atoms with Crippen LogP contribution in [0.15, 0.2) is 11.6 Å². The highest BCUT2D eigenvalue weighted by atomic mass is 16.3. The minimum atomic E-state index is -0.164. The van der Waals surface area contributed by atoms with Gasteiger partial charge in [0.25, 0.3) is 0 Å². The van der Waals surface area contributed by atoms with Crippen molar-refractivity contribution in [2.75, 3.05) is 13.1 Å². The number of carbonyl (C=O) groups excluding carboxylic acids is 1. The quantitative estimate of drug-likeness (QED) is 0.412. The average Bonchev–Trinajstić information content (AvgIpc) is 3.07. The van der Waals surface area contributed by atoms with Crippen LogP contribution in [0.1, 0.15) is 90.9 Å². The largest absolute Gasteiger partial charge is 0.393 e. The lowest BCUT2D eigenvalue weighted by molar-refractivity contribution is -0.125. The molecule has 1 rings (SSSR count). The van der Waals surface area contributed by atoms with Crippen LogP contribution in [0.5, 0.6) is 0 Å². The number of rotatable bonds is 12. The fraction of sp³-hybridized carbons (Fsp3) is 0.850. The first kappa shape index (κ1) is 20.2. The fourth-order valence-corrected chi connectivity index (χ4v) is 3.22. The molecule has 0 aromatic rings. The zero-order valence-electron chi connectivity index (χ0n) is 15.4. The van der Waals surface area contributed by atoms with Gasteiger partial charge in [0.15, 0.2) is 0 Å². The van der Waals surface area contributed by atoms with Crippen LogP contribution in [-0.4, -0.2) is 35.1 Å². The van der Waals surface area contributed by atoms with Crippen molar-refractivity contribution in [3.8, 4) is 0 Å². The number of likely N-dealkylation sites (tertiary alicyclic amines) is 1. The van der Waals surface area contributed by atoms with Gasteiger partial charge in [0.2, 0.25) is 5.91 Å². The first-order chi connectivity index (χ1) is 11.2. The molecule has 0 bridgehead atoms. The van der Waals surface area contributed by atoms with Gasteiger partial charge in [0, 0.05) is 19.2 Å². The molecule has 1 heterocycles. The number of aliphatic hydroxyl groups is 1. The summed E-state index contributed by atoms with van der Waals surface area (Å²) in [6.45, 7) is 6.23. The predicted molar refractivity (Wildman–Crippen MR) is 97.4 cm³/mol. The maximum Gasteiger partial charge on any atom is 0.246 e. The Bertz CT molecular complexity index is 346. The van der Waals surface area contributed by atoms with Gasteiger partial charge in [0.1, 0.15) is 0 Å². The molecule has 0 aromatic carbocycles. The summed E-state index contributed by atoms with van der Waals surface area (Å²) in [7, 11) is 0. The van der Waals surface area contributed by atoms with Crippen molar-refractivity contribution in [3.05, 3.63) is 11.6 Å². The van der Waals surface area contributed by atoms with E-state index in [0.717, 1.165) is 77.3 Å². The Labute approximate surface area is 143 Å². The van der Waals surface area contributed by atoms with Gasteiger partial charge in [-0.1, -0.05) is 45.1 Å². The van der Waals surface area contributed by atoms with E-state index in [1.807, 2.05) is 11.0 Å². The van der Waals surface area contributed by atoms with E-state index in [4.69, 9.17) is 0 Å². The fourth-order valence-electron chi connectivity index (χ4n) is 3.22. The molecule has 0 aliphatic carbocycles. The molecule has 0 spiro atoms. The van der Waals surface area contributed by atoms with Crippen LogP contribution in [0.25, 0.3) is 0 Å². The molecular weight excluding hydrogens is 286 g/mol. The number of carbonyl (C=O) groups is 1. The number of unbranched alkanes of at least 4 members (excludes halogenated alkanes) is 3. The molecule has 1 N–H and O–H groups in total. The zero-order chi connectivity index (χ0) is 16.9. The Hall–Kier alpha value is -0.830. The maximum atomic E-state index is 12.3. The van der Waals surface area contributed by atoms with Crippen molar-refractivity contribution in [3.63, 3.8) is 0 Å². The summed E-state index contributed by atoms with van der Waals surface area (Å²) in [5.74, 6) is 0.206. The second-order valence-corrected chi connectivity index (χ2v) is 6.98. The molecule has 0 saturated carbocycles. The highest BCUT2D eigenvalue weighted by molar-refractivity contribution is 5.88. The third-order valence-corrected chi connectivity index (χ3v) is 4.77. The number of hydrogen-bond donors (Lipinski definition) is 1. The Morgan fingerprint density at radius 3 is 2.26 bits per heavy atom. The van der Waals surface area contributed by atoms with Gasteiger partial charge in [-0.05, 0) is 51.4 Å². The van der Waals surface area contributed by atoms with E-state index in [1.54, 1.807) is 0 Å². The van der Waals surface area contributed by atoms with Gasteiger partial charge in [-0.2, -0.15) is 0 Å². The van der Waals surface area contributed by atoms with Crippen LogP contribution in [-0.2, 0) is 4.79 Å². The molecule has 1 fully saturated rings. The van der Waals surface area contributed by atoms with Crippen LogP contribution in [0.2, 0.25) is 0 Å². The molecule has 1 aliphatic rings. The standard InChI is InChI=1S/C20H37NO2/c1-3-5-7-13-19(22)14-10-12-18(11-6-4-2)17-20(23)21-15-8-9-16-21/h17,19,22H,3-16H2,1-2H3/b18-17+. The van der Waals surface area contributed by atoms with Crippen LogP contribution >= 0.6 is 0 Å². The van der Waals surface area contributed by atoms with Crippen molar-refractivity contribution < 1.29 is 9.90 Å². The van der Waals surface area contributed by atoms with Crippen LogP contribution < -0.4 is 0 Å². The van der Waals surface area contributed by atoms with E-state index < -0.39 is 0 Å². The zero-order valence-corrected chi connectivity index (χ0v) is 15.4. The Balaban J connectivity index is 2.36. The minimum Gasteiger partial charge on any atom is -0.393 e. The molecule has 1 amide bonds. The summed E-state index contributed by atoms with van der Waals surface area (Å²) in [4.78, 5) is 14.3. The molecule has 3 heteroatoms. The average molecular weight is 324 g/mol. The summed E-state index contributed by atoms with van der Waals surface area (Å²) in [6, 6.07) is 0. The second kappa shape index (κ2) is 12.6. The second-order valence-electron chi connectivity index (χ2n) is 6.98. The first-order valence-electron chi connectivity index (χ1n) is 9.83. The van der Waals surface area contributed by atoms with Crippen molar-refractivity contribution in [2.24, 2.45) is 0 Å². The Kier molecular flexibility index (Phi) is 11.1. The lowest BCUT2D eigenvalue weighted by atomic mass is 9.99. The monoisotopic (exact) mass is 323 g/mol. The van der Waals surface area contributed by atoms with Gasteiger partial charge in [-0.3, -0.25) is 4.79 Å². The van der Waals surface area contributed by atoms with Crippen LogP contribution in [0.4, 0.5) is 0 Å². The number of amides is 1. The van der Waals surface area contributed by atoms with Gasteiger partial charge in [0.05, 0.1) is 6.10 Å². The van der Waals surface area contributed by atoms with Crippen molar-refractivity contribution in [1.29, 1.82) is 0 Å². The lowest BCUT2D eigenvalue weighted by Crippen LogP contribution is -2.26. The molecule has 0 radical (unpaired) electrons. The summed E-state index contributed by atoms with van der Waals surface area (Å²) in [5.41, 5.74) is 1.28. The number of aliphatic hydroxyl groups excluding tert-OH is 1. The predicted octanol–water partition coefficient (Wildman–Crippen LogP) is 4.84. The van der Waals surface area contributed by atoms with Gasteiger partial charge in [-0.25, -0.2) is 0 Å². The molecule has 1 saturated heterocycles. The number of hydrogen-bond acceptors (Lipinski definition) is 2. The minimum absolute atomic E-state index is 0.164. The van der Waals surface area contributed by atoms with E-state index in [9.17, 15) is 9.90 Å². The third-order valence-electron chi connectivity index (χ3n) is 4.77. The van der Waals surface area contributed by atoms with Crippen molar-refractivity contribution in [2.45, 2.75) is 97.0 Å². The highest BCUT2D eigenvalue weighted by Gasteiger charge is 2.16. The molecule has 1 aliphatic heterocycles. The van der Waals surface area contributed by atoms with E-state index in [2.05, 4.69) is 13.8 Å². The molecular formula is C20H37NO2. The van der Waals surface area contributed by atoms with Crippen molar-refractivity contribution >= 4 is 5.91 Å². The summed E-state index contributed by atoms with van der Waals surface area (Å²) in [5, 5.41) is 10.0. The van der Waals surface area contributed by atoms with Gasteiger partial charge in [-0.15, -0.1) is 0 Å². The molecule has 23 heavy (non-hydrogen) atoms. The SMILES string of the molecule is CCCCCC(O)CCC/C(=C/C(=O)N1CCCC1)CCCC. The van der Waals surface area contributed by atoms with E-state index in [-0.39, 0.29) is 12.0 Å². The Morgan fingerprint density at radius 1 is 1.00 bits per heavy atom. The smallest absolute Gasteiger partial charge is 0.246 e. The van der Waals surface area contributed by atoms with Crippen LogP contribution in [0, 0.1) is 0 Å². The van der Waals surface area contributed by atoms with E-state index in [0.29, 0.717) is 0 Å². The van der Waals surface area contributed by atoms with Crippen molar-refractivity contribution in [1.82, 2.24) is 4.90 Å². The maximum absolute atomic E-state index is 12.3.